The van der Waals surface area contributed by atoms with Crippen LogP contribution in [0.4, 0.5) is 10.1 Å². The van der Waals surface area contributed by atoms with Crippen LogP contribution in [0.25, 0.3) is 0 Å². The number of piperazine rings is 1. The molecule has 0 aromatic heterocycles. The van der Waals surface area contributed by atoms with Crippen molar-refractivity contribution in [3.05, 3.63) is 29.6 Å². The highest BCUT2D eigenvalue weighted by atomic mass is 19.1. The molecule has 6 heteroatoms. The Balaban J connectivity index is 2.08. The Labute approximate surface area is 117 Å². The van der Waals surface area contributed by atoms with Crippen molar-refractivity contribution in [1.29, 1.82) is 5.26 Å². The molecule has 106 valence electrons. The predicted octanol–water partition coefficient (Wildman–Crippen LogP) is 0.565. The van der Waals surface area contributed by atoms with E-state index in [1.807, 2.05) is 6.07 Å². The Bertz CT molecular complexity index is 534. The zero-order valence-corrected chi connectivity index (χ0v) is 11.4. The maximum absolute atomic E-state index is 13.6. The van der Waals surface area contributed by atoms with E-state index in [9.17, 15) is 9.18 Å². The molecule has 1 saturated heterocycles. The molecule has 2 rings (SSSR count). The lowest BCUT2D eigenvalue weighted by atomic mass is 10.1. The number of likely N-dealkylation sites (N-methyl/N-ethyl adjacent to an activating group) is 1. The first-order valence-electron chi connectivity index (χ1n) is 6.51. The van der Waals surface area contributed by atoms with Crippen molar-refractivity contribution in [3.8, 4) is 6.07 Å². The van der Waals surface area contributed by atoms with Crippen molar-refractivity contribution in [2.75, 3.05) is 44.7 Å². The Hall–Kier alpha value is -2.13. The summed E-state index contributed by atoms with van der Waals surface area (Å²) in [6.45, 7) is 3.08. The van der Waals surface area contributed by atoms with Crippen molar-refractivity contribution >= 4 is 11.6 Å². The van der Waals surface area contributed by atoms with Crippen molar-refractivity contribution in [1.82, 2.24) is 10.2 Å². The summed E-state index contributed by atoms with van der Waals surface area (Å²) >= 11 is 0. The second kappa shape index (κ2) is 6.35. The average molecular weight is 276 g/mol. The molecule has 0 spiro atoms. The number of halogens is 1. The zero-order valence-electron chi connectivity index (χ0n) is 11.4. The number of rotatable bonds is 3. The minimum absolute atomic E-state index is 0.0119. The van der Waals surface area contributed by atoms with Gasteiger partial charge < -0.3 is 15.1 Å². The maximum Gasteiger partial charge on any atom is 0.242 e. The number of anilines is 1. The smallest absolute Gasteiger partial charge is 0.242 e. The normalized spacial score (nSPS) is 14.8. The number of nitriles is 1. The average Bonchev–Trinajstić information content (AvgIpc) is 2.47. The van der Waals surface area contributed by atoms with E-state index in [-0.39, 0.29) is 18.0 Å². The van der Waals surface area contributed by atoms with Gasteiger partial charge in [-0.15, -0.1) is 0 Å². The number of nitrogens with one attached hydrogen (secondary N) is 1. The summed E-state index contributed by atoms with van der Waals surface area (Å²) in [5.74, 6) is -0.575. The van der Waals surface area contributed by atoms with Gasteiger partial charge in [-0.1, -0.05) is 6.07 Å². The summed E-state index contributed by atoms with van der Waals surface area (Å²) in [5.41, 5.74) is 0.416. The van der Waals surface area contributed by atoms with E-state index in [2.05, 4.69) is 5.32 Å². The number of hydrogen-bond donors (Lipinski definition) is 1. The highest BCUT2D eigenvalue weighted by Gasteiger charge is 2.19. The Kier molecular flexibility index (Phi) is 4.53. The third-order valence-electron chi connectivity index (χ3n) is 3.36. The molecule has 0 radical (unpaired) electrons. The van der Waals surface area contributed by atoms with Crippen LogP contribution in [0.2, 0.25) is 0 Å². The van der Waals surface area contributed by atoms with Crippen molar-refractivity contribution in [3.63, 3.8) is 0 Å². The third-order valence-corrected chi connectivity index (χ3v) is 3.36. The molecule has 1 heterocycles. The quantitative estimate of drug-likeness (QED) is 0.876. The standard InChI is InChI=1S/C14H17FN4O/c1-18(10-14(20)19-7-5-17-6-8-19)13-4-2-3-12(15)11(13)9-16/h2-4,17H,5-8,10H2,1H3. The Morgan fingerprint density at radius 3 is 2.85 bits per heavy atom. The number of hydrogen-bond acceptors (Lipinski definition) is 4. The van der Waals surface area contributed by atoms with Gasteiger partial charge in [-0.3, -0.25) is 4.79 Å². The van der Waals surface area contributed by atoms with Gasteiger partial charge in [0.1, 0.15) is 17.4 Å². The summed E-state index contributed by atoms with van der Waals surface area (Å²) in [6, 6.07) is 6.27. The fraction of sp³-hybridized carbons (Fsp3) is 0.429. The number of benzene rings is 1. The van der Waals surface area contributed by atoms with Crippen LogP contribution in [0.5, 0.6) is 0 Å². The second-order valence-electron chi connectivity index (χ2n) is 4.73. The lowest BCUT2D eigenvalue weighted by Crippen LogP contribution is -2.49. The van der Waals surface area contributed by atoms with Gasteiger partial charge in [0.05, 0.1) is 12.2 Å². The van der Waals surface area contributed by atoms with Gasteiger partial charge in [0.25, 0.3) is 0 Å². The topological polar surface area (TPSA) is 59.4 Å². The molecule has 5 nitrogen and oxygen atoms in total. The van der Waals surface area contributed by atoms with Crippen LogP contribution >= 0.6 is 0 Å². The van der Waals surface area contributed by atoms with E-state index < -0.39 is 5.82 Å². The van der Waals surface area contributed by atoms with Crippen LogP contribution in [0, 0.1) is 17.1 Å². The molecule has 1 aliphatic heterocycles. The van der Waals surface area contributed by atoms with Crippen LogP contribution in [0.15, 0.2) is 18.2 Å². The minimum atomic E-state index is -0.563. The second-order valence-corrected chi connectivity index (χ2v) is 4.73. The SMILES string of the molecule is CN(CC(=O)N1CCNCC1)c1cccc(F)c1C#N. The van der Waals surface area contributed by atoms with Gasteiger partial charge >= 0.3 is 0 Å². The van der Waals surface area contributed by atoms with E-state index in [4.69, 9.17) is 5.26 Å². The highest BCUT2D eigenvalue weighted by Crippen LogP contribution is 2.21. The summed E-state index contributed by atoms with van der Waals surface area (Å²) in [4.78, 5) is 15.5. The highest BCUT2D eigenvalue weighted by molar-refractivity contribution is 5.82. The van der Waals surface area contributed by atoms with Crippen molar-refractivity contribution < 1.29 is 9.18 Å². The summed E-state index contributed by atoms with van der Waals surface area (Å²) in [7, 11) is 1.69. The predicted molar refractivity (Wildman–Crippen MR) is 73.8 cm³/mol. The molecule has 1 amide bonds. The molecule has 0 unspecified atom stereocenters. The van der Waals surface area contributed by atoms with E-state index in [1.165, 1.54) is 12.1 Å². The monoisotopic (exact) mass is 276 g/mol. The summed E-state index contributed by atoms with van der Waals surface area (Å²) < 4.78 is 13.6. The van der Waals surface area contributed by atoms with E-state index in [0.717, 1.165) is 13.1 Å². The molecule has 1 N–H and O–H groups in total. The van der Waals surface area contributed by atoms with Gasteiger partial charge in [0.15, 0.2) is 0 Å². The molecular formula is C14H17FN4O. The molecule has 1 aromatic carbocycles. The molecule has 0 atom stereocenters. The Morgan fingerprint density at radius 1 is 1.50 bits per heavy atom. The minimum Gasteiger partial charge on any atom is -0.364 e. The summed E-state index contributed by atoms with van der Waals surface area (Å²) in [5, 5.41) is 12.2. The maximum atomic E-state index is 13.6. The first-order valence-corrected chi connectivity index (χ1v) is 6.51. The number of carbonyl (C=O) groups excluding carboxylic acids is 1. The van der Waals surface area contributed by atoms with Gasteiger partial charge in [-0.25, -0.2) is 4.39 Å². The lowest BCUT2D eigenvalue weighted by Gasteiger charge is -2.30. The molecule has 1 fully saturated rings. The Morgan fingerprint density at radius 2 is 2.20 bits per heavy atom. The number of nitrogens with zero attached hydrogens (tertiary/aromatic N) is 3. The van der Waals surface area contributed by atoms with Crippen LogP contribution < -0.4 is 10.2 Å². The molecule has 1 aliphatic rings. The summed E-state index contributed by atoms with van der Waals surface area (Å²) in [6.07, 6.45) is 0. The van der Waals surface area contributed by atoms with Gasteiger partial charge in [0, 0.05) is 33.2 Å². The third kappa shape index (κ3) is 3.06. The van der Waals surface area contributed by atoms with Crippen molar-refractivity contribution in [2.24, 2.45) is 0 Å². The number of carbonyl (C=O) groups is 1. The van der Waals surface area contributed by atoms with Crippen LogP contribution in [-0.2, 0) is 4.79 Å². The molecular weight excluding hydrogens is 259 g/mol. The fourth-order valence-electron chi connectivity index (χ4n) is 2.24. The molecule has 0 saturated carbocycles. The first kappa shape index (κ1) is 14.3. The molecule has 1 aromatic rings. The van der Waals surface area contributed by atoms with Crippen LogP contribution in [-0.4, -0.2) is 50.6 Å². The van der Waals surface area contributed by atoms with Crippen LogP contribution in [0.3, 0.4) is 0 Å². The molecule has 20 heavy (non-hydrogen) atoms. The first-order chi connectivity index (χ1) is 9.63. The van der Waals surface area contributed by atoms with E-state index in [0.29, 0.717) is 18.8 Å². The molecule has 0 aliphatic carbocycles. The zero-order chi connectivity index (χ0) is 14.5. The molecule has 0 bridgehead atoms. The van der Waals surface area contributed by atoms with Gasteiger partial charge in [-0.05, 0) is 12.1 Å². The largest absolute Gasteiger partial charge is 0.364 e. The van der Waals surface area contributed by atoms with Crippen LogP contribution in [0.1, 0.15) is 5.56 Å². The fourth-order valence-corrected chi connectivity index (χ4v) is 2.24. The van der Waals surface area contributed by atoms with E-state index in [1.54, 1.807) is 22.9 Å². The van der Waals surface area contributed by atoms with Crippen molar-refractivity contribution in [2.45, 2.75) is 0 Å². The van der Waals surface area contributed by atoms with Gasteiger partial charge in [-0.2, -0.15) is 5.26 Å². The van der Waals surface area contributed by atoms with Gasteiger partial charge in [0.2, 0.25) is 5.91 Å². The number of amides is 1. The lowest BCUT2D eigenvalue weighted by molar-refractivity contribution is -0.130. The van der Waals surface area contributed by atoms with E-state index >= 15 is 0 Å².